The van der Waals surface area contributed by atoms with Crippen LogP contribution in [0.3, 0.4) is 0 Å². The number of alkyl halides is 3. The maximum Gasteiger partial charge on any atom is 0.405 e. The van der Waals surface area contributed by atoms with Crippen LogP contribution in [-0.2, 0) is 0 Å². The minimum atomic E-state index is -4.60. The molecule has 0 bridgehead atoms. The molecule has 0 saturated carbocycles. The molecule has 0 aliphatic carbocycles. The van der Waals surface area contributed by atoms with Gasteiger partial charge in [0.1, 0.15) is 17.9 Å². The molecule has 0 aliphatic rings. The molecule has 0 radical (unpaired) electrons. The lowest BCUT2D eigenvalue weighted by atomic mass is 10.1. The number of hydrogen-bond acceptors (Lipinski definition) is 2. The van der Waals surface area contributed by atoms with Gasteiger partial charge in [0, 0.05) is 11.6 Å². The average Bonchev–Trinajstić information content (AvgIpc) is 2.82. The van der Waals surface area contributed by atoms with E-state index >= 15 is 0 Å². The van der Waals surface area contributed by atoms with Gasteiger partial charge >= 0.3 is 6.18 Å². The van der Waals surface area contributed by atoms with E-state index in [0.717, 1.165) is 16.8 Å². The summed E-state index contributed by atoms with van der Waals surface area (Å²) in [7, 11) is 0. The maximum absolute atomic E-state index is 13.0. The molecule has 1 aromatic carbocycles. The molecular formula is C15H15F4N3O2. The number of aromatic amines is 1. The Kier molecular flexibility index (Phi) is 4.81. The first-order valence-electron chi connectivity index (χ1n) is 7.05. The number of H-pyrrole nitrogens is 1. The maximum atomic E-state index is 13.0. The van der Waals surface area contributed by atoms with Gasteiger partial charge in [-0.2, -0.15) is 13.2 Å². The molecule has 0 aliphatic heterocycles. The Bertz CT molecular complexity index is 789. The lowest BCUT2D eigenvalue weighted by molar-refractivity contribution is -0.123. The second-order valence-corrected chi connectivity index (χ2v) is 5.44. The number of halogens is 4. The van der Waals surface area contributed by atoms with Gasteiger partial charge in [0.15, 0.2) is 0 Å². The zero-order valence-corrected chi connectivity index (χ0v) is 12.9. The summed E-state index contributed by atoms with van der Waals surface area (Å²) in [6.07, 6.45) is -4.60. The summed E-state index contributed by atoms with van der Waals surface area (Å²) in [5, 5.41) is 4.39. The molecule has 24 heavy (non-hydrogen) atoms. The molecule has 0 spiro atoms. The Morgan fingerprint density at radius 2 is 1.83 bits per heavy atom. The van der Waals surface area contributed by atoms with Crippen LogP contribution < -0.4 is 10.9 Å². The summed E-state index contributed by atoms with van der Waals surface area (Å²) in [6.45, 7) is 1.79. The molecule has 1 amide bonds. The summed E-state index contributed by atoms with van der Waals surface area (Å²) in [4.78, 5) is 24.4. The van der Waals surface area contributed by atoms with Crippen molar-refractivity contribution in [3.63, 3.8) is 0 Å². The fourth-order valence-electron chi connectivity index (χ4n) is 2.12. The van der Waals surface area contributed by atoms with Gasteiger partial charge in [-0.1, -0.05) is 0 Å². The summed E-state index contributed by atoms with van der Waals surface area (Å²) in [6, 6.07) is 4.55. The number of nitrogens with one attached hydrogen (secondary N) is 2. The number of carbonyl (C=O) groups excluding carboxylic acids is 1. The third-order valence-corrected chi connectivity index (χ3v) is 3.24. The Morgan fingerprint density at radius 1 is 1.25 bits per heavy atom. The second kappa shape index (κ2) is 6.50. The summed E-state index contributed by atoms with van der Waals surface area (Å²) in [5.41, 5.74) is -0.845. The van der Waals surface area contributed by atoms with E-state index in [1.807, 2.05) is 0 Å². The summed E-state index contributed by atoms with van der Waals surface area (Å²) in [5.74, 6) is -1.67. The standard InChI is InChI=1S/C15H15F4N3O2/c1-8(2)22-14(24)11(13(23)20-7-15(17,18)19)12(21-22)9-3-5-10(16)6-4-9/h3-6,8,21H,7H2,1-2H3,(H,20,23). The summed E-state index contributed by atoms with van der Waals surface area (Å²) >= 11 is 0. The van der Waals surface area contributed by atoms with Crippen molar-refractivity contribution in [2.75, 3.05) is 6.54 Å². The van der Waals surface area contributed by atoms with E-state index < -0.39 is 35.6 Å². The SMILES string of the molecule is CC(C)n1[nH]c(-c2ccc(F)cc2)c(C(=O)NCC(F)(F)F)c1=O. The summed E-state index contributed by atoms with van der Waals surface area (Å²) < 4.78 is 51.0. The first kappa shape index (κ1) is 17.8. The van der Waals surface area contributed by atoms with E-state index in [9.17, 15) is 27.2 Å². The van der Waals surface area contributed by atoms with E-state index in [1.165, 1.54) is 12.1 Å². The van der Waals surface area contributed by atoms with Gasteiger partial charge in [0.25, 0.3) is 11.5 Å². The van der Waals surface area contributed by atoms with Gasteiger partial charge in [-0.15, -0.1) is 0 Å². The van der Waals surface area contributed by atoms with E-state index in [4.69, 9.17) is 0 Å². The van der Waals surface area contributed by atoms with Crippen molar-refractivity contribution in [1.29, 1.82) is 0 Å². The highest BCUT2D eigenvalue weighted by Gasteiger charge is 2.30. The van der Waals surface area contributed by atoms with Crippen LogP contribution in [0.2, 0.25) is 0 Å². The third-order valence-electron chi connectivity index (χ3n) is 3.24. The number of nitrogens with zero attached hydrogens (tertiary/aromatic N) is 1. The van der Waals surface area contributed by atoms with Crippen LogP contribution in [0.4, 0.5) is 17.6 Å². The predicted molar refractivity (Wildman–Crippen MR) is 79.2 cm³/mol. The minimum Gasteiger partial charge on any atom is -0.343 e. The molecule has 5 nitrogen and oxygen atoms in total. The number of benzene rings is 1. The van der Waals surface area contributed by atoms with Crippen LogP contribution in [0.25, 0.3) is 11.3 Å². The normalized spacial score (nSPS) is 11.8. The van der Waals surface area contributed by atoms with Crippen LogP contribution in [-0.4, -0.2) is 28.4 Å². The van der Waals surface area contributed by atoms with Crippen LogP contribution in [0, 0.1) is 5.82 Å². The van der Waals surface area contributed by atoms with Crippen molar-refractivity contribution in [2.45, 2.75) is 26.1 Å². The van der Waals surface area contributed by atoms with E-state index in [-0.39, 0.29) is 11.7 Å². The molecule has 0 fully saturated rings. The van der Waals surface area contributed by atoms with E-state index in [1.54, 1.807) is 19.2 Å². The van der Waals surface area contributed by atoms with Gasteiger partial charge in [-0.3, -0.25) is 14.7 Å². The minimum absolute atomic E-state index is 0.0355. The molecule has 1 heterocycles. The molecule has 1 aromatic heterocycles. The fourth-order valence-corrected chi connectivity index (χ4v) is 2.12. The van der Waals surface area contributed by atoms with Gasteiger partial charge in [0.05, 0.1) is 5.69 Å². The second-order valence-electron chi connectivity index (χ2n) is 5.44. The number of carbonyl (C=O) groups is 1. The van der Waals surface area contributed by atoms with Crippen LogP contribution in [0.1, 0.15) is 30.2 Å². The van der Waals surface area contributed by atoms with E-state index in [2.05, 4.69) is 5.10 Å². The van der Waals surface area contributed by atoms with Gasteiger partial charge in [0.2, 0.25) is 0 Å². The lowest BCUT2D eigenvalue weighted by Gasteiger charge is -2.08. The largest absolute Gasteiger partial charge is 0.405 e. The monoisotopic (exact) mass is 345 g/mol. The number of hydrogen-bond donors (Lipinski definition) is 2. The molecular weight excluding hydrogens is 330 g/mol. The van der Waals surface area contributed by atoms with Crippen molar-refractivity contribution in [3.8, 4) is 11.3 Å². The molecule has 2 aromatic rings. The zero-order chi connectivity index (χ0) is 18.1. The fraction of sp³-hybridized carbons (Fsp3) is 0.333. The van der Waals surface area contributed by atoms with Crippen molar-refractivity contribution in [2.24, 2.45) is 0 Å². The van der Waals surface area contributed by atoms with Gasteiger partial charge in [-0.05, 0) is 38.1 Å². The topological polar surface area (TPSA) is 66.9 Å². The third kappa shape index (κ3) is 3.84. The predicted octanol–water partition coefficient (Wildman–Crippen LogP) is 2.86. The first-order valence-corrected chi connectivity index (χ1v) is 7.05. The van der Waals surface area contributed by atoms with Crippen LogP contribution in [0.15, 0.2) is 29.1 Å². The molecule has 0 saturated heterocycles. The first-order chi connectivity index (χ1) is 11.1. The quantitative estimate of drug-likeness (QED) is 0.837. The number of rotatable bonds is 4. The van der Waals surface area contributed by atoms with Crippen LogP contribution in [0.5, 0.6) is 0 Å². The van der Waals surface area contributed by atoms with Crippen molar-refractivity contribution < 1.29 is 22.4 Å². The van der Waals surface area contributed by atoms with Crippen molar-refractivity contribution in [3.05, 3.63) is 46.0 Å². The van der Waals surface area contributed by atoms with E-state index in [0.29, 0.717) is 5.56 Å². The molecule has 130 valence electrons. The average molecular weight is 345 g/mol. The molecule has 0 atom stereocenters. The highest BCUT2D eigenvalue weighted by Crippen LogP contribution is 2.21. The molecule has 2 N–H and O–H groups in total. The Labute approximate surface area is 134 Å². The Balaban J connectivity index is 2.50. The zero-order valence-electron chi connectivity index (χ0n) is 12.9. The molecule has 0 unspecified atom stereocenters. The molecule has 9 heteroatoms. The Morgan fingerprint density at radius 3 is 2.33 bits per heavy atom. The van der Waals surface area contributed by atoms with Gasteiger partial charge in [-0.25, -0.2) is 9.07 Å². The Hall–Kier alpha value is -2.58. The highest BCUT2D eigenvalue weighted by atomic mass is 19.4. The number of aromatic nitrogens is 2. The van der Waals surface area contributed by atoms with Crippen molar-refractivity contribution in [1.82, 2.24) is 15.1 Å². The number of amides is 1. The van der Waals surface area contributed by atoms with Crippen molar-refractivity contribution >= 4 is 5.91 Å². The lowest BCUT2D eigenvalue weighted by Crippen LogP contribution is -2.36. The van der Waals surface area contributed by atoms with Crippen LogP contribution >= 0.6 is 0 Å². The van der Waals surface area contributed by atoms with Gasteiger partial charge < -0.3 is 5.32 Å². The highest BCUT2D eigenvalue weighted by molar-refractivity contribution is 5.99. The molecule has 2 rings (SSSR count). The smallest absolute Gasteiger partial charge is 0.343 e.